The SMILES string of the molecule is C=CCN(CCOC)C(=O)N1CCSCC1C(=O)O. The van der Waals surface area contributed by atoms with Crippen LogP contribution in [0, 0.1) is 0 Å². The first-order valence-corrected chi connectivity index (χ1v) is 7.23. The molecule has 108 valence electrons. The molecule has 1 heterocycles. The van der Waals surface area contributed by atoms with Gasteiger partial charge in [-0.05, 0) is 0 Å². The van der Waals surface area contributed by atoms with E-state index in [0.717, 1.165) is 5.75 Å². The number of carboxylic acid groups (broad SMARTS) is 1. The number of amides is 2. The van der Waals surface area contributed by atoms with Crippen molar-refractivity contribution in [1.82, 2.24) is 9.80 Å². The summed E-state index contributed by atoms with van der Waals surface area (Å²) in [6, 6.07) is -1.01. The van der Waals surface area contributed by atoms with Crippen LogP contribution in [0.5, 0.6) is 0 Å². The second kappa shape index (κ2) is 8.06. The highest BCUT2D eigenvalue weighted by molar-refractivity contribution is 7.99. The molecule has 1 aliphatic rings. The van der Waals surface area contributed by atoms with Crippen molar-refractivity contribution in [3.63, 3.8) is 0 Å². The zero-order chi connectivity index (χ0) is 14.3. The highest BCUT2D eigenvalue weighted by atomic mass is 32.2. The van der Waals surface area contributed by atoms with Gasteiger partial charge in [-0.25, -0.2) is 9.59 Å². The lowest BCUT2D eigenvalue weighted by atomic mass is 10.3. The molecule has 7 heteroatoms. The Balaban J connectivity index is 2.74. The van der Waals surface area contributed by atoms with E-state index in [9.17, 15) is 14.7 Å². The molecule has 0 saturated carbocycles. The Kier molecular flexibility index (Phi) is 6.72. The lowest BCUT2D eigenvalue weighted by Gasteiger charge is -2.36. The molecular formula is C12H20N2O4S. The molecule has 0 aromatic heterocycles. The fraction of sp³-hybridized carbons (Fsp3) is 0.667. The summed E-state index contributed by atoms with van der Waals surface area (Å²) < 4.78 is 4.96. The van der Waals surface area contributed by atoms with Crippen LogP contribution in [0.15, 0.2) is 12.7 Å². The lowest BCUT2D eigenvalue weighted by molar-refractivity contribution is -0.141. The largest absolute Gasteiger partial charge is 0.480 e. The van der Waals surface area contributed by atoms with Crippen LogP contribution in [0.25, 0.3) is 0 Å². The number of nitrogens with zero attached hydrogens (tertiary/aromatic N) is 2. The predicted molar refractivity (Wildman–Crippen MR) is 74.5 cm³/mol. The molecule has 0 bridgehead atoms. The Morgan fingerprint density at radius 2 is 2.37 bits per heavy atom. The third-order valence-corrected chi connectivity index (χ3v) is 3.87. The fourth-order valence-corrected chi connectivity index (χ4v) is 2.88. The van der Waals surface area contributed by atoms with Crippen molar-refractivity contribution in [3.05, 3.63) is 12.7 Å². The molecule has 0 radical (unpaired) electrons. The number of aliphatic carboxylic acids is 1. The fourth-order valence-electron chi connectivity index (χ4n) is 1.84. The first-order valence-electron chi connectivity index (χ1n) is 6.07. The number of hydrogen-bond acceptors (Lipinski definition) is 4. The number of ether oxygens (including phenoxy) is 1. The number of carbonyl (C=O) groups excluding carboxylic acids is 1. The number of thioether (sulfide) groups is 1. The second-order valence-electron chi connectivity index (χ2n) is 4.13. The zero-order valence-corrected chi connectivity index (χ0v) is 11.9. The molecule has 2 amide bonds. The van der Waals surface area contributed by atoms with Crippen LogP contribution in [-0.2, 0) is 9.53 Å². The van der Waals surface area contributed by atoms with Gasteiger partial charge in [0.15, 0.2) is 0 Å². The summed E-state index contributed by atoms with van der Waals surface area (Å²) in [5.74, 6) is 0.250. The minimum Gasteiger partial charge on any atom is -0.480 e. The maximum Gasteiger partial charge on any atom is 0.327 e. The monoisotopic (exact) mass is 288 g/mol. The Morgan fingerprint density at radius 3 is 2.95 bits per heavy atom. The predicted octanol–water partition coefficient (Wildman–Crippen LogP) is 0.743. The molecule has 1 saturated heterocycles. The number of hydrogen-bond donors (Lipinski definition) is 1. The molecule has 0 spiro atoms. The van der Waals surface area contributed by atoms with Crippen molar-refractivity contribution in [2.24, 2.45) is 0 Å². The van der Waals surface area contributed by atoms with E-state index in [1.54, 1.807) is 29.8 Å². The van der Waals surface area contributed by atoms with Crippen LogP contribution in [0.3, 0.4) is 0 Å². The number of rotatable bonds is 6. The smallest absolute Gasteiger partial charge is 0.327 e. The maximum atomic E-state index is 12.4. The summed E-state index contributed by atoms with van der Waals surface area (Å²) >= 11 is 1.56. The summed E-state index contributed by atoms with van der Waals surface area (Å²) in [5.41, 5.74) is 0. The highest BCUT2D eigenvalue weighted by Crippen LogP contribution is 2.18. The van der Waals surface area contributed by atoms with Crippen molar-refractivity contribution >= 4 is 23.8 Å². The van der Waals surface area contributed by atoms with Gasteiger partial charge in [0.1, 0.15) is 6.04 Å². The van der Waals surface area contributed by atoms with Crippen LogP contribution in [-0.4, -0.2) is 77.8 Å². The minimum absolute atomic E-state index is 0.260. The average molecular weight is 288 g/mol. The Hall–Kier alpha value is -1.21. The van der Waals surface area contributed by atoms with Gasteiger partial charge in [0.05, 0.1) is 6.61 Å². The van der Waals surface area contributed by atoms with Gasteiger partial charge in [0, 0.05) is 38.2 Å². The third kappa shape index (κ3) is 4.43. The van der Waals surface area contributed by atoms with Crippen molar-refractivity contribution in [2.75, 3.05) is 44.9 Å². The quantitative estimate of drug-likeness (QED) is 0.730. The van der Waals surface area contributed by atoms with E-state index in [1.165, 1.54) is 4.90 Å². The van der Waals surface area contributed by atoms with Crippen molar-refractivity contribution < 1.29 is 19.4 Å². The van der Waals surface area contributed by atoms with Gasteiger partial charge in [-0.1, -0.05) is 6.08 Å². The summed E-state index contributed by atoms with van der Waals surface area (Å²) in [6.45, 7) is 5.31. The van der Waals surface area contributed by atoms with Crippen LogP contribution >= 0.6 is 11.8 Å². The van der Waals surface area contributed by atoms with E-state index in [2.05, 4.69) is 6.58 Å². The number of methoxy groups -OCH3 is 1. The zero-order valence-electron chi connectivity index (χ0n) is 11.1. The lowest BCUT2D eigenvalue weighted by Crippen LogP contribution is -2.55. The van der Waals surface area contributed by atoms with E-state index in [0.29, 0.717) is 32.0 Å². The summed E-state index contributed by atoms with van der Waals surface area (Å²) in [5, 5.41) is 9.17. The Bertz CT molecular complexity index is 338. The van der Waals surface area contributed by atoms with E-state index in [4.69, 9.17) is 4.74 Å². The molecule has 1 N–H and O–H groups in total. The van der Waals surface area contributed by atoms with Crippen LogP contribution < -0.4 is 0 Å². The first kappa shape index (κ1) is 15.8. The second-order valence-corrected chi connectivity index (χ2v) is 5.28. The van der Waals surface area contributed by atoms with Crippen molar-refractivity contribution in [1.29, 1.82) is 0 Å². The van der Waals surface area contributed by atoms with E-state index < -0.39 is 12.0 Å². The van der Waals surface area contributed by atoms with Gasteiger partial charge < -0.3 is 19.6 Å². The molecule has 1 rings (SSSR count). The normalized spacial score (nSPS) is 19.0. The number of urea groups is 1. The van der Waals surface area contributed by atoms with Crippen LogP contribution in [0.4, 0.5) is 4.79 Å². The van der Waals surface area contributed by atoms with Gasteiger partial charge in [-0.2, -0.15) is 11.8 Å². The Morgan fingerprint density at radius 1 is 1.63 bits per heavy atom. The molecule has 1 fully saturated rings. The average Bonchev–Trinajstić information content (AvgIpc) is 2.42. The molecule has 1 atom stereocenters. The summed E-state index contributed by atoms with van der Waals surface area (Å²) in [4.78, 5) is 26.6. The molecule has 6 nitrogen and oxygen atoms in total. The van der Waals surface area contributed by atoms with Crippen molar-refractivity contribution in [3.8, 4) is 0 Å². The van der Waals surface area contributed by atoms with E-state index >= 15 is 0 Å². The van der Waals surface area contributed by atoms with Gasteiger partial charge in [-0.3, -0.25) is 0 Å². The standard InChI is InChI=1S/C12H20N2O4S/c1-3-4-13(5-7-18-2)12(17)14-6-8-19-9-10(14)11(15)16/h3,10H,1,4-9H2,2H3,(H,15,16). The number of carboxylic acids is 1. The molecular weight excluding hydrogens is 268 g/mol. The molecule has 0 aromatic rings. The van der Waals surface area contributed by atoms with E-state index in [-0.39, 0.29) is 6.03 Å². The summed E-state index contributed by atoms with van der Waals surface area (Å²) in [7, 11) is 1.56. The minimum atomic E-state index is -0.953. The Labute approximate surface area is 117 Å². The van der Waals surface area contributed by atoms with E-state index in [1.807, 2.05) is 0 Å². The van der Waals surface area contributed by atoms with Gasteiger partial charge >= 0.3 is 12.0 Å². The van der Waals surface area contributed by atoms with Gasteiger partial charge in [0.2, 0.25) is 0 Å². The highest BCUT2D eigenvalue weighted by Gasteiger charge is 2.34. The van der Waals surface area contributed by atoms with Crippen molar-refractivity contribution in [2.45, 2.75) is 6.04 Å². The molecule has 0 aromatic carbocycles. The topological polar surface area (TPSA) is 70.1 Å². The number of carbonyl (C=O) groups is 2. The molecule has 0 aliphatic carbocycles. The molecule has 1 aliphatic heterocycles. The van der Waals surface area contributed by atoms with Crippen LogP contribution in [0.1, 0.15) is 0 Å². The third-order valence-electron chi connectivity index (χ3n) is 2.84. The van der Waals surface area contributed by atoms with Gasteiger partial charge in [-0.15, -0.1) is 6.58 Å². The first-order chi connectivity index (χ1) is 9.11. The van der Waals surface area contributed by atoms with Gasteiger partial charge in [0.25, 0.3) is 0 Å². The summed E-state index contributed by atoms with van der Waals surface area (Å²) in [6.07, 6.45) is 1.63. The van der Waals surface area contributed by atoms with Crippen LogP contribution in [0.2, 0.25) is 0 Å². The maximum absolute atomic E-state index is 12.4. The molecule has 1 unspecified atom stereocenters. The molecule has 19 heavy (non-hydrogen) atoms.